The Morgan fingerprint density at radius 1 is 0.957 bits per heavy atom. The van der Waals surface area contributed by atoms with Crippen molar-refractivity contribution < 1.29 is 13.2 Å². The number of Topliss-reactive ketones (excluding diaryl/α,β-unsaturated/α-hetero) is 1. The third-order valence-electron chi connectivity index (χ3n) is 3.62. The minimum absolute atomic E-state index is 0.0694. The van der Waals surface area contributed by atoms with Gasteiger partial charge < -0.3 is 4.90 Å². The van der Waals surface area contributed by atoms with E-state index in [1.54, 1.807) is 67.5 Å². The van der Waals surface area contributed by atoms with Crippen molar-refractivity contribution in [3.8, 4) is 0 Å². The van der Waals surface area contributed by atoms with Crippen molar-refractivity contribution in [2.45, 2.75) is 4.90 Å². The first-order valence-corrected chi connectivity index (χ1v) is 8.53. The summed E-state index contributed by atoms with van der Waals surface area (Å²) in [6, 6.07) is 15.3. The van der Waals surface area contributed by atoms with Crippen LogP contribution in [0.25, 0.3) is 5.70 Å². The van der Waals surface area contributed by atoms with Gasteiger partial charge in [-0.05, 0) is 6.07 Å². The Bertz CT molecular complexity index is 900. The molecule has 118 valence electrons. The predicted octanol–water partition coefficient (Wildman–Crippen LogP) is 2.09. The van der Waals surface area contributed by atoms with Crippen LogP contribution in [0.3, 0.4) is 0 Å². The number of hydrogen-bond donors (Lipinski definition) is 1. The molecule has 23 heavy (non-hydrogen) atoms. The van der Waals surface area contributed by atoms with E-state index in [1.807, 2.05) is 0 Å². The molecule has 1 N–H and O–H groups in total. The van der Waals surface area contributed by atoms with Crippen LogP contribution in [0.1, 0.15) is 15.9 Å². The Morgan fingerprint density at radius 2 is 1.57 bits per heavy atom. The molecule has 1 heterocycles. The molecule has 3 rings (SSSR count). The van der Waals surface area contributed by atoms with E-state index in [0.29, 0.717) is 16.8 Å². The van der Waals surface area contributed by atoms with Gasteiger partial charge in [-0.25, -0.2) is 8.42 Å². The van der Waals surface area contributed by atoms with E-state index in [-0.39, 0.29) is 16.4 Å². The molecule has 0 saturated carbocycles. The highest BCUT2D eigenvalue weighted by Gasteiger charge is 2.33. The third-order valence-corrected chi connectivity index (χ3v) is 5.02. The van der Waals surface area contributed by atoms with Crippen LogP contribution in [0.15, 0.2) is 65.2 Å². The quantitative estimate of drug-likeness (QED) is 0.876. The molecule has 0 atom stereocenters. The topological polar surface area (TPSA) is 66.5 Å². The largest absolute Gasteiger partial charge is 0.375 e. The van der Waals surface area contributed by atoms with Gasteiger partial charge in [0.25, 0.3) is 10.0 Å². The minimum atomic E-state index is -3.77. The molecule has 5 nitrogen and oxygen atoms in total. The van der Waals surface area contributed by atoms with E-state index in [0.717, 1.165) is 0 Å². The SMILES string of the molecule is CN(C)C1=C(C(=O)c2ccccc2)NS(=O)(=O)c2ccccc21. The second-order valence-corrected chi connectivity index (χ2v) is 7.07. The van der Waals surface area contributed by atoms with Crippen LogP contribution in [-0.2, 0) is 10.0 Å². The van der Waals surface area contributed by atoms with Gasteiger partial charge in [0.05, 0.1) is 10.6 Å². The maximum atomic E-state index is 12.8. The lowest BCUT2D eigenvalue weighted by molar-refractivity contribution is 0.102. The van der Waals surface area contributed by atoms with Gasteiger partial charge in [-0.1, -0.05) is 48.5 Å². The number of allylic oxidation sites excluding steroid dienone is 1. The van der Waals surface area contributed by atoms with Gasteiger partial charge in [-0.2, -0.15) is 0 Å². The van der Waals surface area contributed by atoms with Crippen LogP contribution < -0.4 is 4.72 Å². The summed E-state index contributed by atoms with van der Waals surface area (Å²) in [5.41, 5.74) is 1.59. The zero-order valence-electron chi connectivity index (χ0n) is 12.8. The highest BCUT2D eigenvalue weighted by molar-refractivity contribution is 7.89. The van der Waals surface area contributed by atoms with Crippen LogP contribution in [0.2, 0.25) is 0 Å². The summed E-state index contributed by atoms with van der Waals surface area (Å²) in [7, 11) is -0.203. The summed E-state index contributed by atoms with van der Waals surface area (Å²) in [6.07, 6.45) is 0. The third kappa shape index (κ3) is 2.61. The normalized spacial score (nSPS) is 15.6. The van der Waals surface area contributed by atoms with Crippen molar-refractivity contribution in [1.29, 1.82) is 0 Å². The van der Waals surface area contributed by atoms with Crippen LogP contribution in [-0.4, -0.2) is 33.2 Å². The van der Waals surface area contributed by atoms with Crippen molar-refractivity contribution in [1.82, 2.24) is 9.62 Å². The van der Waals surface area contributed by atoms with Crippen molar-refractivity contribution in [2.75, 3.05) is 14.1 Å². The van der Waals surface area contributed by atoms with Crippen molar-refractivity contribution in [2.24, 2.45) is 0 Å². The summed E-state index contributed by atoms with van der Waals surface area (Å²) in [5.74, 6) is -0.354. The predicted molar refractivity (Wildman–Crippen MR) is 88.1 cm³/mol. The molecule has 2 aromatic carbocycles. The van der Waals surface area contributed by atoms with E-state index in [2.05, 4.69) is 4.72 Å². The minimum Gasteiger partial charge on any atom is -0.375 e. The fourth-order valence-electron chi connectivity index (χ4n) is 2.62. The van der Waals surface area contributed by atoms with Gasteiger partial charge in [-0.3, -0.25) is 9.52 Å². The maximum absolute atomic E-state index is 12.8. The van der Waals surface area contributed by atoms with Gasteiger partial charge in [0, 0.05) is 25.2 Å². The Balaban J connectivity index is 2.27. The smallest absolute Gasteiger partial charge is 0.262 e. The van der Waals surface area contributed by atoms with E-state index >= 15 is 0 Å². The standard InChI is InChI=1S/C17H16N2O3S/c1-19(2)16-13-10-6-7-11-14(13)23(21,22)18-15(16)17(20)12-8-4-3-5-9-12/h3-11,18H,1-2H3. The second kappa shape index (κ2) is 5.55. The van der Waals surface area contributed by atoms with Crippen molar-refractivity contribution in [3.05, 3.63) is 71.4 Å². The van der Waals surface area contributed by atoms with Gasteiger partial charge in [0.1, 0.15) is 5.70 Å². The molecule has 0 saturated heterocycles. The molecule has 0 aliphatic carbocycles. The van der Waals surface area contributed by atoms with Crippen LogP contribution in [0.4, 0.5) is 0 Å². The number of carbonyl (C=O) groups excluding carboxylic acids is 1. The summed E-state index contributed by atoms with van der Waals surface area (Å²) in [6.45, 7) is 0. The van der Waals surface area contributed by atoms with Crippen molar-refractivity contribution in [3.63, 3.8) is 0 Å². The number of sulfonamides is 1. The van der Waals surface area contributed by atoms with Crippen molar-refractivity contribution >= 4 is 21.5 Å². The van der Waals surface area contributed by atoms with Gasteiger partial charge in [0.2, 0.25) is 5.78 Å². The van der Waals surface area contributed by atoms with Gasteiger partial charge in [0.15, 0.2) is 0 Å². The first kappa shape index (κ1) is 15.3. The molecule has 0 bridgehead atoms. The first-order valence-electron chi connectivity index (χ1n) is 7.05. The highest BCUT2D eigenvalue weighted by atomic mass is 32.2. The number of nitrogens with zero attached hydrogens (tertiary/aromatic N) is 1. The zero-order chi connectivity index (χ0) is 16.6. The summed E-state index contributed by atoms with van der Waals surface area (Å²) in [5, 5.41) is 0. The lowest BCUT2D eigenvalue weighted by atomic mass is 10.0. The average Bonchev–Trinajstić information content (AvgIpc) is 2.54. The lowest BCUT2D eigenvalue weighted by Gasteiger charge is -2.28. The second-order valence-electron chi connectivity index (χ2n) is 5.41. The molecule has 0 fully saturated rings. The van der Waals surface area contributed by atoms with Gasteiger partial charge >= 0.3 is 0 Å². The Morgan fingerprint density at radius 3 is 2.22 bits per heavy atom. The number of hydrogen-bond acceptors (Lipinski definition) is 4. The molecular formula is C17H16N2O3S. The average molecular weight is 328 g/mol. The molecular weight excluding hydrogens is 312 g/mol. The number of fused-ring (bicyclic) bond motifs is 1. The van der Waals surface area contributed by atoms with E-state index in [9.17, 15) is 13.2 Å². The Hall–Kier alpha value is -2.60. The molecule has 1 aliphatic heterocycles. The number of benzene rings is 2. The lowest BCUT2D eigenvalue weighted by Crippen LogP contribution is -2.36. The molecule has 2 aromatic rings. The van der Waals surface area contributed by atoms with Gasteiger partial charge in [-0.15, -0.1) is 0 Å². The fourth-order valence-corrected chi connectivity index (χ4v) is 3.90. The summed E-state index contributed by atoms with van der Waals surface area (Å²) >= 11 is 0. The zero-order valence-corrected chi connectivity index (χ0v) is 13.6. The molecule has 0 radical (unpaired) electrons. The number of ketones is 1. The fraction of sp³-hybridized carbons (Fsp3) is 0.118. The summed E-state index contributed by atoms with van der Waals surface area (Å²) < 4.78 is 27.4. The van der Waals surface area contributed by atoms with Crippen LogP contribution in [0, 0.1) is 0 Å². The maximum Gasteiger partial charge on any atom is 0.262 e. The molecule has 0 unspecified atom stereocenters. The number of rotatable bonds is 3. The Kier molecular flexibility index (Phi) is 3.69. The monoisotopic (exact) mass is 328 g/mol. The molecule has 0 aromatic heterocycles. The summed E-state index contributed by atoms with van der Waals surface area (Å²) in [4.78, 5) is 14.7. The number of carbonyl (C=O) groups is 1. The Labute approximate surface area is 135 Å². The van der Waals surface area contributed by atoms with Crippen LogP contribution >= 0.6 is 0 Å². The first-order chi connectivity index (χ1) is 10.9. The molecule has 0 spiro atoms. The van der Waals surface area contributed by atoms with Crippen LogP contribution in [0.5, 0.6) is 0 Å². The molecule has 6 heteroatoms. The van der Waals surface area contributed by atoms with E-state index in [1.165, 1.54) is 6.07 Å². The van der Waals surface area contributed by atoms with E-state index < -0.39 is 10.0 Å². The molecule has 0 amide bonds. The number of nitrogens with one attached hydrogen (secondary N) is 1. The molecule has 1 aliphatic rings. The van der Waals surface area contributed by atoms with E-state index in [4.69, 9.17) is 0 Å². The highest BCUT2D eigenvalue weighted by Crippen LogP contribution is 2.32.